The van der Waals surface area contributed by atoms with Gasteiger partial charge in [-0.25, -0.2) is 0 Å². The summed E-state index contributed by atoms with van der Waals surface area (Å²) in [4.78, 5) is 2.23. The summed E-state index contributed by atoms with van der Waals surface area (Å²) in [7, 11) is 2.10. The van der Waals surface area contributed by atoms with Gasteiger partial charge in [0.25, 0.3) is 0 Å². The molecule has 0 aromatic heterocycles. The lowest BCUT2D eigenvalue weighted by atomic mass is 10.1. The minimum absolute atomic E-state index is 0.396. The highest BCUT2D eigenvalue weighted by atomic mass is 15.1. The third-order valence-corrected chi connectivity index (χ3v) is 3.16. The first kappa shape index (κ1) is 14.2. The van der Waals surface area contributed by atoms with E-state index in [1.807, 2.05) is 12.1 Å². The molecule has 0 saturated heterocycles. The first-order valence-corrected chi connectivity index (χ1v) is 6.75. The zero-order valence-electron chi connectivity index (χ0n) is 12.1. The van der Waals surface area contributed by atoms with Gasteiger partial charge in [-0.2, -0.15) is 0 Å². The summed E-state index contributed by atoms with van der Waals surface area (Å²) in [5.74, 6) is 5.96. The van der Waals surface area contributed by atoms with E-state index < -0.39 is 0 Å². The average molecular weight is 264 g/mol. The molecule has 2 heteroatoms. The molecule has 102 valence electrons. The fourth-order valence-electron chi connectivity index (χ4n) is 2.06. The molecule has 0 aliphatic heterocycles. The van der Waals surface area contributed by atoms with Crippen molar-refractivity contribution in [2.75, 3.05) is 18.5 Å². The van der Waals surface area contributed by atoms with Gasteiger partial charge in [0.15, 0.2) is 0 Å². The van der Waals surface area contributed by atoms with Gasteiger partial charge in [0.1, 0.15) is 0 Å². The van der Waals surface area contributed by atoms with E-state index in [4.69, 9.17) is 5.73 Å². The van der Waals surface area contributed by atoms with Gasteiger partial charge in [-0.05, 0) is 36.8 Å². The van der Waals surface area contributed by atoms with Crippen LogP contribution in [0.25, 0.3) is 0 Å². The maximum atomic E-state index is 5.40. The summed E-state index contributed by atoms with van der Waals surface area (Å²) < 4.78 is 0. The van der Waals surface area contributed by atoms with Crippen molar-refractivity contribution >= 4 is 5.69 Å². The maximum absolute atomic E-state index is 5.40. The minimum Gasteiger partial charge on any atom is -0.370 e. The van der Waals surface area contributed by atoms with Crippen molar-refractivity contribution in [3.63, 3.8) is 0 Å². The fraction of sp³-hybridized carbons (Fsp3) is 0.222. The van der Waals surface area contributed by atoms with Crippen LogP contribution in [0.5, 0.6) is 0 Å². The Balaban J connectivity index is 2.11. The molecule has 0 amide bonds. The summed E-state index contributed by atoms with van der Waals surface area (Å²) in [6, 6.07) is 16.9. The van der Waals surface area contributed by atoms with Crippen LogP contribution in [-0.4, -0.2) is 13.6 Å². The Hall–Kier alpha value is -2.24. The highest BCUT2D eigenvalue weighted by molar-refractivity contribution is 5.48. The second kappa shape index (κ2) is 6.79. The highest BCUT2D eigenvalue weighted by Gasteiger charge is 2.02. The Morgan fingerprint density at radius 3 is 2.55 bits per heavy atom. The number of nitrogens with two attached hydrogens (primary N) is 1. The second-order valence-corrected chi connectivity index (χ2v) is 4.90. The molecule has 2 nitrogen and oxygen atoms in total. The van der Waals surface area contributed by atoms with Crippen LogP contribution in [0, 0.1) is 18.8 Å². The first-order valence-electron chi connectivity index (χ1n) is 6.75. The number of aryl methyl sites for hydroxylation is 1. The monoisotopic (exact) mass is 264 g/mol. The molecule has 0 spiro atoms. The normalized spacial score (nSPS) is 9.75. The van der Waals surface area contributed by atoms with Crippen LogP contribution in [0.4, 0.5) is 5.69 Å². The van der Waals surface area contributed by atoms with Crippen molar-refractivity contribution in [2.24, 2.45) is 5.73 Å². The molecule has 2 rings (SSSR count). The number of nitrogens with zero attached hydrogens (tertiary/aromatic N) is 1. The Bertz CT molecular complexity index is 618. The molecular formula is C18H20N2. The van der Waals surface area contributed by atoms with Gasteiger partial charge in [-0.1, -0.05) is 41.7 Å². The SMILES string of the molecule is Cc1ccc(N(C)Cc2cccc(C#CCN)c2)cc1. The van der Waals surface area contributed by atoms with Crippen LogP contribution in [-0.2, 0) is 6.54 Å². The van der Waals surface area contributed by atoms with Gasteiger partial charge in [0, 0.05) is 24.8 Å². The molecule has 0 fully saturated rings. The topological polar surface area (TPSA) is 29.3 Å². The predicted molar refractivity (Wildman–Crippen MR) is 85.7 cm³/mol. The van der Waals surface area contributed by atoms with E-state index in [-0.39, 0.29) is 0 Å². The summed E-state index contributed by atoms with van der Waals surface area (Å²) in [5, 5.41) is 0. The van der Waals surface area contributed by atoms with Crippen molar-refractivity contribution < 1.29 is 0 Å². The van der Waals surface area contributed by atoms with Crippen LogP contribution < -0.4 is 10.6 Å². The number of hydrogen-bond acceptors (Lipinski definition) is 2. The van der Waals surface area contributed by atoms with Crippen molar-refractivity contribution in [3.05, 3.63) is 65.2 Å². The summed E-state index contributed by atoms with van der Waals surface area (Å²) in [6.45, 7) is 3.36. The van der Waals surface area contributed by atoms with E-state index in [0.717, 1.165) is 12.1 Å². The first-order chi connectivity index (χ1) is 9.69. The number of benzene rings is 2. The van der Waals surface area contributed by atoms with Gasteiger partial charge in [0.2, 0.25) is 0 Å². The zero-order valence-corrected chi connectivity index (χ0v) is 12.1. The molecule has 0 heterocycles. The molecule has 0 unspecified atom stereocenters. The number of anilines is 1. The van der Waals surface area contributed by atoms with Gasteiger partial charge >= 0.3 is 0 Å². The predicted octanol–water partition coefficient (Wildman–Crippen LogP) is 2.94. The molecule has 0 aliphatic carbocycles. The average Bonchev–Trinajstić information content (AvgIpc) is 2.46. The van der Waals surface area contributed by atoms with Crippen molar-refractivity contribution in [1.82, 2.24) is 0 Å². The highest BCUT2D eigenvalue weighted by Crippen LogP contribution is 2.16. The zero-order chi connectivity index (χ0) is 14.4. The van der Waals surface area contributed by atoms with Gasteiger partial charge in [-0.3, -0.25) is 0 Å². The fourth-order valence-corrected chi connectivity index (χ4v) is 2.06. The van der Waals surface area contributed by atoms with Crippen LogP contribution in [0.2, 0.25) is 0 Å². The lowest BCUT2D eigenvalue weighted by Crippen LogP contribution is -2.16. The largest absolute Gasteiger partial charge is 0.370 e. The van der Waals surface area contributed by atoms with Gasteiger partial charge in [-0.15, -0.1) is 0 Å². The molecule has 0 atom stereocenters. The molecule has 2 aromatic carbocycles. The van der Waals surface area contributed by atoms with Gasteiger partial charge in [0.05, 0.1) is 6.54 Å². The molecular weight excluding hydrogens is 244 g/mol. The van der Waals surface area contributed by atoms with E-state index >= 15 is 0 Å². The van der Waals surface area contributed by atoms with Crippen LogP contribution >= 0.6 is 0 Å². The van der Waals surface area contributed by atoms with Crippen LogP contribution in [0.15, 0.2) is 48.5 Å². The lowest BCUT2D eigenvalue weighted by Gasteiger charge is -2.19. The Morgan fingerprint density at radius 1 is 1.10 bits per heavy atom. The third kappa shape index (κ3) is 3.88. The number of hydrogen-bond donors (Lipinski definition) is 1. The van der Waals surface area contributed by atoms with E-state index in [1.165, 1.54) is 16.8 Å². The number of rotatable bonds is 3. The Kier molecular flexibility index (Phi) is 4.81. The molecule has 0 aliphatic rings. The molecule has 2 N–H and O–H groups in total. The van der Waals surface area contributed by atoms with Crippen molar-refractivity contribution in [1.29, 1.82) is 0 Å². The summed E-state index contributed by atoms with van der Waals surface area (Å²) >= 11 is 0. The standard InChI is InChI=1S/C18H20N2/c1-15-8-10-18(11-9-15)20(2)14-17-6-3-5-16(13-17)7-4-12-19/h3,5-6,8-11,13H,12,14,19H2,1-2H3. The summed E-state index contributed by atoms with van der Waals surface area (Å²) in [5.41, 5.74) is 10.2. The lowest BCUT2D eigenvalue weighted by molar-refractivity contribution is 0.922. The van der Waals surface area contributed by atoms with E-state index in [2.05, 4.69) is 67.1 Å². The summed E-state index contributed by atoms with van der Waals surface area (Å²) in [6.07, 6.45) is 0. The minimum atomic E-state index is 0.396. The third-order valence-electron chi connectivity index (χ3n) is 3.16. The van der Waals surface area contributed by atoms with Gasteiger partial charge < -0.3 is 10.6 Å². The quantitative estimate of drug-likeness (QED) is 0.864. The van der Waals surface area contributed by atoms with E-state index in [0.29, 0.717) is 6.54 Å². The smallest absolute Gasteiger partial charge is 0.0555 e. The van der Waals surface area contributed by atoms with Crippen molar-refractivity contribution in [2.45, 2.75) is 13.5 Å². The van der Waals surface area contributed by atoms with Crippen molar-refractivity contribution in [3.8, 4) is 11.8 Å². The van der Waals surface area contributed by atoms with E-state index in [1.54, 1.807) is 0 Å². The maximum Gasteiger partial charge on any atom is 0.0555 e. The molecule has 0 bridgehead atoms. The van der Waals surface area contributed by atoms with E-state index in [9.17, 15) is 0 Å². The Morgan fingerprint density at radius 2 is 1.85 bits per heavy atom. The molecule has 0 radical (unpaired) electrons. The molecule has 0 saturated carbocycles. The molecule has 2 aromatic rings. The van der Waals surface area contributed by atoms with Crippen LogP contribution in [0.3, 0.4) is 0 Å². The second-order valence-electron chi connectivity index (χ2n) is 4.90. The molecule has 20 heavy (non-hydrogen) atoms. The Labute approximate surface area is 121 Å². The van der Waals surface area contributed by atoms with Crippen LogP contribution in [0.1, 0.15) is 16.7 Å².